The fourth-order valence-electron chi connectivity index (χ4n) is 4.19. The van der Waals surface area contributed by atoms with Crippen LogP contribution in [0.2, 0.25) is 0 Å². The van der Waals surface area contributed by atoms with Crippen LogP contribution < -0.4 is 21.7 Å². The van der Waals surface area contributed by atoms with E-state index in [1.165, 1.54) is 11.8 Å². The molecule has 0 radical (unpaired) electrons. The van der Waals surface area contributed by atoms with Gasteiger partial charge >= 0.3 is 11.9 Å². The van der Waals surface area contributed by atoms with Gasteiger partial charge in [0.2, 0.25) is 17.7 Å². The van der Waals surface area contributed by atoms with Crippen molar-refractivity contribution in [2.24, 2.45) is 11.7 Å². The topological polar surface area (TPSA) is 204 Å². The molecule has 0 bridgehead atoms. The van der Waals surface area contributed by atoms with E-state index < -0.39 is 60.2 Å². The molecule has 0 saturated heterocycles. The molecule has 4 atom stereocenters. The second-order valence-corrected chi connectivity index (χ2v) is 11.0. The Labute approximate surface area is 237 Å². The third-order valence-corrected chi connectivity index (χ3v) is 6.94. The van der Waals surface area contributed by atoms with Crippen molar-refractivity contribution in [3.63, 3.8) is 0 Å². The van der Waals surface area contributed by atoms with E-state index in [1.54, 1.807) is 6.20 Å². The molecule has 12 nitrogen and oxygen atoms in total. The minimum Gasteiger partial charge on any atom is -0.481 e. The summed E-state index contributed by atoms with van der Waals surface area (Å²) in [6, 6.07) is 3.01. The molecule has 0 aliphatic carbocycles. The number of hydrogen-bond donors (Lipinski definition) is 7. The second-order valence-electron chi connectivity index (χ2n) is 10.0. The van der Waals surface area contributed by atoms with Gasteiger partial charge in [0, 0.05) is 23.5 Å². The Morgan fingerprint density at radius 1 is 0.925 bits per heavy atom. The smallest absolute Gasteiger partial charge is 0.326 e. The number of nitrogens with two attached hydrogens (primary N) is 1. The number of carbonyl (C=O) groups excluding carboxylic acids is 3. The molecule has 0 aliphatic heterocycles. The molecular weight excluding hydrogens is 538 g/mol. The molecule has 2 rings (SSSR count). The largest absolute Gasteiger partial charge is 0.481 e. The van der Waals surface area contributed by atoms with Crippen molar-refractivity contribution in [2.75, 3.05) is 12.0 Å². The summed E-state index contributed by atoms with van der Waals surface area (Å²) in [4.78, 5) is 65.1. The summed E-state index contributed by atoms with van der Waals surface area (Å²) < 4.78 is 0. The first kappa shape index (κ1) is 32.6. The van der Waals surface area contributed by atoms with Crippen LogP contribution in [0.5, 0.6) is 0 Å². The molecule has 1 aromatic heterocycles. The lowest BCUT2D eigenvalue weighted by Crippen LogP contribution is -2.57. The zero-order valence-electron chi connectivity index (χ0n) is 22.9. The van der Waals surface area contributed by atoms with Crippen molar-refractivity contribution < 1.29 is 34.2 Å². The standard InChI is InChI=1S/C27H39N5O7S/c1-15(2)12-22(26(37)31-21(27(38)39)10-11-40-3)32-25(36)20(8-9-23(33)34)30-24(35)18(28)13-16-14-29-19-7-5-4-6-17(16)19/h4-7,14-15,18,20-22,29H,8-13,28H2,1-3H3,(H,30,35)(H,31,37)(H,32,36)(H,33,34)(H,38,39). The zero-order chi connectivity index (χ0) is 29.8. The summed E-state index contributed by atoms with van der Waals surface area (Å²) in [5.74, 6) is -3.95. The number of carbonyl (C=O) groups is 5. The summed E-state index contributed by atoms with van der Waals surface area (Å²) in [5.41, 5.74) is 7.85. The van der Waals surface area contributed by atoms with Crippen molar-refractivity contribution in [1.82, 2.24) is 20.9 Å². The highest BCUT2D eigenvalue weighted by atomic mass is 32.2. The number of nitrogens with one attached hydrogen (secondary N) is 4. The van der Waals surface area contributed by atoms with Crippen molar-refractivity contribution >= 4 is 52.3 Å². The molecule has 0 fully saturated rings. The van der Waals surface area contributed by atoms with Gasteiger partial charge in [-0.25, -0.2) is 4.79 Å². The van der Waals surface area contributed by atoms with E-state index in [1.807, 2.05) is 44.4 Å². The maximum atomic E-state index is 13.2. The van der Waals surface area contributed by atoms with Crippen molar-refractivity contribution in [2.45, 2.75) is 70.1 Å². The van der Waals surface area contributed by atoms with Gasteiger partial charge in [0.25, 0.3) is 0 Å². The number of fused-ring (bicyclic) bond motifs is 1. The highest BCUT2D eigenvalue weighted by molar-refractivity contribution is 7.98. The number of carboxylic acid groups (broad SMARTS) is 2. The molecule has 1 aromatic carbocycles. The number of rotatable bonds is 17. The van der Waals surface area contributed by atoms with E-state index >= 15 is 0 Å². The minimum absolute atomic E-state index is 0.0396. The summed E-state index contributed by atoms with van der Waals surface area (Å²) in [6.07, 6.45) is 3.52. The lowest BCUT2D eigenvalue weighted by Gasteiger charge is -2.26. The predicted molar refractivity (Wildman–Crippen MR) is 153 cm³/mol. The molecule has 40 heavy (non-hydrogen) atoms. The minimum atomic E-state index is -1.27. The molecule has 220 valence electrons. The lowest BCUT2D eigenvalue weighted by molar-refractivity contribution is -0.142. The van der Waals surface area contributed by atoms with Crippen molar-refractivity contribution in [3.8, 4) is 0 Å². The van der Waals surface area contributed by atoms with Crippen molar-refractivity contribution in [1.29, 1.82) is 0 Å². The molecule has 4 unspecified atom stereocenters. The SMILES string of the molecule is CSCCC(NC(=O)C(CC(C)C)NC(=O)C(CCC(=O)O)NC(=O)C(N)Cc1c[nH]c2ccccc12)C(=O)O. The van der Waals surface area contributed by atoms with Gasteiger partial charge in [0.15, 0.2) is 0 Å². The van der Waals surface area contributed by atoms with Gasteiger partial charge in [-0.15, -0.1) is 0 Å². The Hall–Kier alpha value is -3.58. The molecule has 8 N–H and O–H groups in total. The van der Waals surface area contributed by atoms with Crippen LogP contribution in [-0.4, -0.2) is 81.0 Å². The Morgan fingerprint density at radius 2 is 1.55 bits per heavy atom. The van der Waals surface area contributed by atoms with Gasteiger partial charge in [-0.05, 0) is 55.2 Å². The van der Waals surface area contributed by atoms with Gasteiger partial charge in [-0.2, -0.15) is 11.8 Å². The molecule has 2 aromatic rings. The van der Waals surface area contributed by atoms with E-state index in [0.29, 0.717) is 5.75 Å². The molecule has 0 saturated carbocycles. The maximum Gasteiger partial charge on any atom is 0.326 e. The Morgan fingerprint density at radius 3 is 2.17 bits per heavy atom. The highest BCUT2D eigenvalue weighted by Gasteiger charge is 2.31. The molecule has 1 heterocycles. The Bertz CT molecular complexity index is 1180. The van der Waals surface area contributed by atoms with Gasteiger partial charge in [-0.1, -0.05) is 32.0 Å². The van der Waals surface area contributed by atoms with Crippen molar-refractivity contribution in [3.05, 3.63) is 36.0 Å². The van der Waals surface area contributed by atoms with E-state index in [4.69, 9.17) is 5.73 Å². The lowest BCUT2D eigenvalue weighted by atomic mass is 10.0. The number of amides is 3. The summed E-state index contributed by atoms with van der Waals surface area (Å²) in [7, 11) is 0. The van der Waals surface area contributed by atoms with Gasteiger partial charge in [0.05, 0.1) is 6.04 Å². The van der Waals surface area contributed by atoms with Gasteiger partial charge < -0.3 is 36.9 Å². The molecular formula is C27H39N5O7S. The number of thioether (sulfide) groups is 1. The number of para-hydroxylation sites is 1. The summed E-state index contributed by atoms with van der Waals surface area (Å²) in [6.45, 7) is 3.67. The number of aromatic nitrogens is 1. The number of aromatic amines is 1. The number of H-pyrrole nitrogens is 1. The third-order valence-electron chi connectivity index (χ3n) is 6.30. The van der Waals surface area contributed by atoms with E-state index in [9.17, 15) is 34.2 Å². The van der Waals surface area contributed by atoms with Crippen LogP contribution in [0.1, 0.15) is 45.1 Å². The monoisotopic (exact) mass is 577 g/mol. The molecule has 3 amide bonds. The van der Waals surface area contributed by atoms with Crippen LogP contribution in [0.15, 0.2) is 30.5 Å². The molecule has 0 aliphatic rings. The van der Waals surface area contributed by atoms with Crippen LogP contribution in [0.3, 0.4) is 0 Å². The Kier molecular flexibility index (Phi) is 12.9. The maximum absolute atomic E-state index is 13.2. The zero-order valence-corrected chi connectivity index (χ0v) is 23.8. The average molecular weight is 578 g/mol. The summed E-state index contributed by atoms with van der Waals surface area (Å²) in [5, 5.41) is 27.2. The average Bonchev–Trinajstić information content (AvgIpc) is 3.30. The van der Waals surface area contributed by atoms with Gasteiger partial charge in [0.1, 0.15) is 18.1 Å². The van der Waals surface area contributed by atoms with Crippen LogP contribution >= 0.6 is 11.8 Å². The van der Waals surface area contributed by atoms with E-state index in [2.05, 4.69) is 20.9 Å². The second kappa shape index (κ2) is 15.9. The first-order valence-corrected chi connectivity index (χ1v) is 14.5. The summed E-state index contributed by atoms with van der Waals surface area (Å²) >= 11 is 1.44. The molecule has 0 spiro atoms. The van der Waals surface area contributed by atoms with E-state index in [-0.39, 0.29) is 31.6 Å². The van der Waals surface area contributed by atoms with E-state index in [0.717, 1.165) is 16.5 Å². The fraction of sp³-hybridized carbons (Fsp3) is 0.519. The third kappa shape index (κ3) is 10.2. The van der Waals surface area contributed by atoms with Crippen LogP contribution in [0.4, 0.5) is 0 Å². The number of aliphatic carboxylic acids is 2. The first-order valence-electron chi connectivity index (χ1n) is 13.1. The van der Waals surface area contributed by atoms with Crippen LogP contribution in [0, 0.1) is 5.92 Å². The van der Waals surface area contributed by atoms with Gasteiger partial charge in [-0.3, -0.25) is 19.2 Å². The quantitative estimate of drug-likeness (QED) is 0.144. The predicted octanol–water partition coefficient (Wildman–Crippen LogP) is 1.24. The van der Waals surface area contributed by atoms with Crippen LogP contribution in [0.25, 0.3) is 10.9 Å². The van der Waals surface area contributed by atoms with Crippen LogP contribution in [-0.2, 0) is 30.4 Å². The number of benzene rings is 1. The number of hydrogen-bond acceptors (Lipinski definition) is 7. The first-order chi connectivity index (χ1) is 18.9. The fourth-order valence-corrected chi connectivity index (χ4v) is 4.66. The number of carboxylic acids is 2. The normalized spacial score (nSPS) is 14.2. The highest BCUT2D eigenvalue weighted by Crippen LogP contribution is 2.19. The molecule has 13 heteroatoms. The Balaban J connectivity index is 2.14.